The summed E-state index contributed by atoms with van der Waals surface area (Å²) in [6, 6.07) is 1.42. The van der Waals surface area contributed by atoms with Crippen molar-refractivity contribution in [2.24, 2.45) is 0 Å². The summed E-state index contributed by atoms with van der Waals surface area (Å²) >= 11 is 0. The van der Waals surface area contributed by atoms with Crippen LogP contribution < -0.4 is 10.6 Å². The molecule has 1 aromatic rings. The Morgan fingerprint density at radius 3 is 2.62 bits per heavy atom. The molecule has 1 unspecified atom stereocenters. The van der Waals surface area contributed by atoms with Crippen molar-refractivity contribution in [1.82, 2.24) is 9.88 Å². The predicted molar refractivity (Wildman–Crippen MR) is 77.2 cm³/mol. The Kier molecular flexibility index (Phi) is 4.61. The molecule has 0 amide bonds. The lowest BCUT2D eigenvalue weighted by atomic mass is 10.2. The number of halogens is 3. The van der Waals surface area contributed by atoms with Gasteiger partial charge in [-0.15, -0.1) is 0 Å². The molecule has 0 aromatic carbocycles. The molecule has 1 aliphatic rings. The lowest BCUT2D eigenvalue weighted by molar-refractivity contribution is -0.141. The Morgan fingerprint density at radius 2 is 2.05 bits per heavy atom. The van der Waals surface area contributed by atoms with E-state index < -0.39 is 11.9 Å². The lowest BCUT2D eigenvalue weighted by Crippen LogP contribution is -2.37. The van der Waals surface area contributed by atoms with Crippen molar-refractivity contribution < 1.29 is 13.2 Å². The van der Waals surface area contributed by atoms with Crippen molar-refractivity contribution in [3.05, 3.63) is 18.0 Å². The smallest absolute Gasteiger partial charge is 0.396 e. The molecule has 118 valence electrons. The first-order valence-corrected chi connectivity index (χ1v) is 7.18. The fourth-order valence-electron chi connectivity index (χ4n) is 2.88. The van der Waals surface area contributed by atoms with Crippen molar-refractivity contribution in [1.29, 1.82) is 0 Å². The zero-order valence-corrected chi connectivity index (χ0v) is 12.3. The summed E-state index contributed by atoms with van der Waals surface area (Å²) < 4.78 is 38.3. The maximum absolute atomic E-state index is 12.8. The van der Waals surface area contributed by atoms with Gasteiger partial charge in [0.15, 0.2) is 0 Å². The van der Waals surface area contributed by atoms with Crippen LogP contribution in [0, 0.1) is 0 Å². The molecule has 7 heteroatoms. The van der Waals surface area contributed by atoms with Crippen LogP contribution in [0.1, 0.15) is 26.0 Å². The van der Waals surface area contributed by atoms with Crippen molar-refractivity contribution in [3.8, 4) is 0 Å². The highest BCUT2D eigenvalue weighted by atomic mass is 19.4. The zero-order valence-electron chi connectivity index (χ0n) is 12.3. The van der Waals surface area contributed by atoms with E-state index in [4.69, 9.17) is 5.73 Å². The Hall–Kier alpha value is -1.50. The first-order valence-electron chi connectivity index (χ1n) is 7.18. The van der Waals surface area contributed by atoms with Gasteiger partial charge in [0.25, 0.3) is 0 Å². The van der Waals surface area contributed by atoms with Crippen molar-refractivity contribution in [2.45, 2.75) is 32.5 Å². The Morgan fingerprint density at radius 1 is 1.38 bits per heavy atom. The standard InChI is InChI=1S/C14H21F3N4/c1-3-20(4-2)10-5-6-21(9-10)12-7-13(14(15,16)17)19-8-11(12)18/h7-8,10H,3-6,9,18H2,1-2H3. The predicted octanol–water partition coefficient (Wildman–Crippen LogP) is 2.60. The minimum atomic E-state index is -4.44. The molecule has 0 aliphatic carbocycles. The lowest BCUT2D eigenvalue weighted by Gasteiger charge is -2.27. The average Bonchev–Trinajstić information content (AvgIpc) is 2.89. The number of nitrogens with zero attached hydrogens (tertiary/aromatic N) is 3. The van der Waals surface area contributed by atoms with E-state index in [9.17, 15) is 13.2 Å². The fourth-order valence-corrected chi connectivity index (χ4v) is 2.88. The normalized spacial score (nSPS) is 19.5. The third-order valence-electron chi connectivity index (χ3n) is 4.04. The van der Waals surface area contributed by atoms with Crippen molar-refractivity contribution >= 4 is 11.4 Å². The number of nitrogens with two attached hydrogens (primary N) is 1. The SMILES string of the molecule is CCN(CC)C1CCN(c2cc(C(F)(F)F)ncc2N)C1. The van der Waals surface area contributed by atoms with Gasteiger partial charge in [-0.05, 0) is 25.6 Å². The van der Waals surface area contributed by atoms with Crippen LogP contribution in [0.2, 0.25) is 0 Å². The van der Waals surface area contributed by atoms with E-state index in [1.54, 1.807) is 0 Å². The summed E-state index contributed by atoms with van der Waals surface area (Å²) in [6.45, 7) is 7.48. The molecule has 1 aliphatic heterocycles. The van der Waals surface area contributed by atoms with Crippen LogP contribution in [-0.2, 0) is 6.18 Å². The van der Waals surface area contributed by atoms with Crippen molar-refractivity contribution in [3.63, 3.8) is 0 Å². The molecule has 0 spiro atoms. The monoisotopic (exact) mass is 302 g/mol. The molecule has 2 N–H and O–H groups in total. The molecule has 21 heavy (non-hydrogen) atoms. The number of aromatic nitrogens is 1. The van der Waals surface area contributed by atoms with E-state index in [-0.39, 0.29) is 0 Å². The van der Waals surface area contributed by atoms with Gasteiger partial charge in [-0.1, -0.05) is 13.8 Å². The highest BCUT2D eigenvalue weighted by molar-refractivity contribution is 5.67. The number of pyridine rings is 1. The first kappa shape index (κ1) is 15.9. The fraction of sp³-hybridized carbons (Fsp3) is 0.643. The minimum absolute atomic E-state index is 0.295. The van der Waals surface area contributed by atoms with Gasteiger partial charge in [0, 0.05) is 19.1 Å². The summed E-state index contributed by atoms with van der Waals surface area (Å²) in [5.74, 6) is 0. The molecule has 1 saturated heterocycles. The third kappa shape index (κ3) is 3.40. The summed E-state index contributed by atoms with van der Waals surface area (Å²) in [5, 5.41) is 0. The van der Waals surface area contributed by atoms with Gasteiger partial charge in [0.05, 0.1) is 17.6 Å². The zero-order chi connectivity index (χ0) is 15.6. The third-order valence-corrected chi connectivity index (χ3v) is 4.04. The molecule has 1 atom stereocenters. The number of anilines is 2. The van der Waals surface area contributed by atoms with Crippen LogP contribution in [0.4, 0.5) is 24.5 Å². The quantitative estimate of drug-likeness (QED) is 0.928. The van der Waals surface area contributed by atoms with E-state index >= 15 is 0 Å². The maximum Gasteiger partial charge on any atom is 0.433 e. The van der Waals surface area contributed by atoms with Crippen LogP contribution in [0.25, 0.3) is 0 Å². The highest BCUT2D eigenvalue weighted by Crippen LogP contribution is 2.34. The van der Waals surface area contributed by atoms with E-state index in [1.165, 1.54) is 0 Å². The minimum Gasteiger partial charge on any atom is -0.396 e. The summed E-state index contributed by atoms with van der Waals surface area (Å²) in [6.07, 6.45) is -2.41. The molecule has 0 bridgehead atoms. The second kappa shape index (κ2) is 6.09. The van der Waals surface area contributed by atoms with Crippen LogP contribution in [0.3, 0.4) is 0 Å². The van der Waals surface area contributed by atoms with E-state index in [1.807, 2.05) is 4.90 Å². The molecular formula is C14H21F3N4. The molecule has 4 nitrogen and oxygen atoms in total. The number of rotatable bonds is 4. The van der Waals surface area contributed by atoms with E-state index in [2.05, 4.69) is 23.7 Å². The second-order valence-corrected chi connectivity index (χ2v) is 5.24. The van der Waals surface area contributed by atoms with Crippen LogP contribution in [0.15, 0.2) is 12.3 Å². The topological polar surface area (TPSA) is 45.4 Å². The molecule has 1 aromatic heterocycles. The highest BCUT2D eigenvalue weighted by Gasteiger charge is 2.34. The summed E-state index contributed by atoms with van der Waals surface area (Å²) in [4.78, 5) is 7.63. The van der Waals surface area contributed by atoms with Gasteiger partial charge in [-0.25, -0.2) is 4.98 Å². The van der Waals surface area contributed by atoms with Gasteiger partial charge in [-0.2, -0.15) is 13.2 Å². The largest absolute Gasteiger partial charge is 0.433 e. The van der Waals surface area contributed by atoms with E-state index in [0.29, 0.717) is 30.5 Å². The number of nitrogen functional groups attached to an aromatic ring is 1. The van der Waals surface area contributed by atoms with Gasteiger partial charge in [-0.3, -0.25) is 4.90 Å². The van der Waals surface area contributed by atoms with Crippen LogP contribution in [0.5, 0.6) is 0 Å². The van der Waals surface area contributed by atoms with Crippen LogP contribution in [-0.4, -0.2) is 42.1 Å². The molecule has 2 rings (SSSR count). The number of hydrogen-bond donors (Lipinski definition) is 1. The number of likely N-dealkylation sites (N-methyl/N-ethyl adjacent to an activating group) is 1. The van der Waals surface area contributed by atoms with Crippen LogP contribution >= 0.6 is 0 Å². The molecular weight excluding hydrogens is 281 g/mol. The summed E-state index contributed by atoms with van der Waals surface area (Å²) in [7, 11) is 0. The molecule has 0 saturated carbocycles. The first-order chi connectivity index (χ1) is 9.86. The van der Waals surface area contributed by atoms with E-state index in [0.717, 1.165) is 31.8 Å². The maximum atomic E-state index is 12.8. The molecule has 0 radical (unpaired) electrons. The van der Waals surface area contributed by atoms with Gasteiger partial charge in [0.1, 0.15) is 5.69 Å². The molecule has 2 heterocycles. The second-order valence-electron chi connectivity index (χ2n) is 5.24. The number of alkyl halides is 3. The Bertz CT molecular complexity index is 486. The van der Waals surface area contributed by atoms with Gasteiger partial charge in [0.2, 0.25) is 0 Å². The summed E-state index contributed by atoms with van der Waals surface area (Å²) in [5.41, 5.74) is 5.65. The van der Waals surface area contributed by atoms with Crippen molar-refractivity contribution in [2.75, 3.05) is 36.8 Å². The Balaban J connectivity index is 2.20. The van der Waals surface area contributed by atoms with Gasteiger partial charge < -0.3 is 10.6 Å². The number of hydrogen-bond acceptors (Lipinski definition) is 4. The Labute approximate surface area is 122 Å². The average molecular weight is 302 g/mol. The molecule has 1 fully saturated rings. The van der Waals surface area contributed by atoms with Gasteiger partial charge >= 0.3 is 6.18 Å².